The Labute approximate surface area is 95.7 Å². The van der Waals surface area contributed by atoms with Crippen molar-refractivity contribution >= 4 is 15.9 Å². The fourth-order valence-corrected chi connectivity index (χ4v) is 2.41. The third-order valence-corrected chi connectivity index (χ3v) is 3.09. The van der Waals surface area contributed by atoms with E-state index in [0.717, 1.165) is 0 Å². The zero-order valence-electron chi connectivity index (χ0n) is 9.27. The van der Waals surface area contributed by atoms with E-state index in [9.17, 15) is 8.42 Å². The summed E-state index contributed by atoms with van der Waals surface area (Å²) < 4.78 is 27.9. The average Bonchev–Trinajstić information content (AvgIpc) is 2.15. The maximum absolute atomic E-state index is 11.6. The molecule has 3 N–H and O–H groups in total. The van der Waals surface area contributed by atoms with Gasteiger partial charge in [-0.25, -0.2) is 0 Å². The molecule has 6 heteroatoms. The van der Waals surface area contributed by atoms with Crippen molar-refractivity contribution in [2.24, 2.45) is 0 Å². The number of rotatable bonds is 5. The summed E-state index contributed by atoms with van der Waals surface area (Å²) in [5.41, 5.74) is 0.926. The highest BCUT2D eigenvalue weighted by molar-refractivity contribution is 7.90. The molecule has 1 rings (SSSR count). The van der Waals surface area contributed by atoms with Gasteiger partial charge in [0.1, 0.15) is 0 Å². The molecule has 0 saturated carbocycles. The Morgan fingerprint density at radius 1 is 1.31 bits per heavy atom. The summed E-state index contributed by atoms with van der Waals surface area (Å²) in [5, 5.41) is 9.04. The van der Waals surface area contributed by atoms with Crippen LogP contribution < -0.4 is 9.44 Å². The van der Waals surface area contributed by atoms with Crippen LogP contribution in [0.25, 0.3) is 0 Å². The first-order valence-electron chi connectivity index (χ1n) is 4.93. The molecule has 0 aromatic heterocycles. The van der Waals surface area contributed by atoms with Crippen LogP contribution in [0.3, 0.4) is 0 Å². The number of para-hydroxylation sites is 1. The molecule has 1 aromatic rings. The van der Waals surface area contributed by atoms with E-state index < -0.39 is 10.2 Å². The Balaban J connectivity index is 2.88. The fourth-order valence-electron chi connectivity index (χ4n) is 1.24. The van der Waals surface area contributed by atoms with E-state index in [2.05, 4.69) is 9.44 Å². The molecule has 0 aliphatic carbocycles. The largest absolute Gasteiger partial charge is 0.392 e. The molecule has 0 unspecified atom stereocenters. The van der Waals surface area contributed by atoms with Gasteiger partial charge in [-0.05, 0) is 19.9 Å². The van der Waals surface area contributed by atoms with Gasteiger partial charge >= 0.3 is 0 Å². The van der Waals surface area contributed by atoms with Gasteiger partial charge in [-0.2, -0.15) is 13.1 Å². The molecule has 90 valence electrons. The Kier molecular flexibility index (Phi) is 4.28. The van der Waals surface area contributed by atoms with Crippen LogP contribution in [0.1, 0.15) is 19.4 Å². The Morgan fingerprint density at radius 3 is 2.50 bits per heavy atom. The lowest BCUT2D eigenvalue weighted by molar-refractivity contribution is 0.282. The first-order chi connectivity index (χ1) is 7.44. The highest BCUT2D eigenvalue weighted by Crippen LogP contribution is 2.15. The highest BCUT2D eigenvalue weighted by atomic mass is 32.2. The molecule has 1 aromatic carbocycles. The summed E-state index contributed by atoms with van der Waals surface area (Å²) in [4.78, 5) is 0. The number of hydrogen-bond acceptors (Lipinski definition) is 3. The minimum atomic E-state index is -3.58. The van der Waals surface area contributed by atoms with Crippen LogP contribution in [0.4, 0.5) is 5.69 Å². The van der Waals surface area contributed by atoms with Gasteiger partial charge in [0.05, 0.1) is 12.3 Å². The molecule has 16 heavy (non-hydrogen) atoms. The van der Waals surface area contributed by atoms with Gasteiger partial charge in [0.2, 0.25) is 0 Å². The second-order valence-corrected chi connectivity index (χ2v) is 5.14. The van der Waals surface area contributed by atoms with Gasteiger partial charge in [0.25, 0.3) is 10.2 Å². The molecule has 0 amide bonds. The van der Waals surface area contributed by atoms with Crippen LogP contribution in [-0.2, 0) is 16.8 Å². The quantitative estimate of drug-likeness (QED) is 0.718. The van der Waals surface area contributed by atoms with Crippen molar-refractivity contribution in [2.75, 3.05) is 4.72 Å². The molecule has 0 bridgehead atoms. The topological polar surface area (TPSA) is 78.4 Å². The van der Waals surface area contributed by atoms with Gasteiger partial charge in [-0.3, -0.25) is 4.72 Å². The number of benzene rings is 1. The lowest BCUT2D eigenvalue weighted by Crippen LogP contribution is -2.35. The lowest BCUT2D eigenvalue weighted by Gasteiger charge is -2.13. The SMILES string of the molecule is CC(C)NS(=O)(=O)Nc1ccccc1CO. The molecule has 0 fully saturated rings. The number of aliphatic hydroxyl groups is 1. The first-order valence-corrected chi connectivity index (χ1v) is 6.42. The smallest absolute Gasteiger partial charge is 0.299 e. The summed E-state index contributed by atoms with van der Waals surface area (Å²) in [7, 11) is -3.58. The predicted molar refractivity (Wildman–Crippen MR) is 63.2 cm³/mol. The summed E-state index contributed by atoms with van der Waals surface area (Å²) in [6, 6.07) is 6.52. The Hall–Kier alpha value is -1.11. The average molecular weight is 244 g/mol. The van der Waals surface area contributed by atoms with Crippen molar-refractivity contribution in [3.05, 3.63) is 29.8 Å². The maximum Gasteiger partial charge on any atom is 0.299 e. The minimum absolute atomic E-state index is 0.182. The number of anilines is 1. The van der Waals surface area contributed by atoms with Crippen LogP contribution in [0.2, 0.25) is 0 Å². The monoisotopic (exact) mass is 244 g/mol. The van der Waals surface area contributed by atoms with Crippen LogP contribution in [0.5, 0.6) is 0 Å². The van der Waals surface area contributed by atoms with Crippen molar-refractivity contribution < 1.29 is 13.5 Å². The van der Waals surface area contributed by atoms with Gasteiger partial charge in [-0.15, -0.1) is 0 Å². The second kappa shape index (κ2) is 5.29. The van der Waals surface area contributed by atoms with Crippen LogP contribution in [0, 0.1) is 0 Å². The Bertz CT molecular complexity index is 443. The lowest BCUT2D eigenvalue weighted by atomic mass is 10.2. The molecule has 0 heterocycles. The van der Waals surface area contributed by atoms with Crippen LogP contribution in [0.15, 0.2) is 24.3 Å². The zero-order chi connectivity index (χ0) is 12.2. The number of hydrogen-bond donors (Lipinski definition) is 3. The maximum atomic E-state index is 11.6. The molecule has 5 nitrogen and oxygen atoms in total. The van der Waals surface area contributed by atoms with Crippen molar-refractivity contribution in [1.82, 2.24) is 4.72 Å². The summed E-state index contributed by atoms with van der Waals surface area (Å²) >= 11 is 0. The van der Waals surface area contributed by atoms with Crippen molar-refractivity contribution in [3.63, 3.8) is 0 Å². The Morgan fingerprint density at radius 2 is 1.94 bits per heavy atom. The van der Waals surface area contributed by atoms with E-state index >= 15 is 0 Å². The summed E-state index contributed by atoms with van der Waals surface area (Å²) in [6.07, 6.45) is 0. The van der Waals surface area contributed by atoms with Crippen LogP contribution >= 0.6 is 0 Å². The predicted octanol–water partition coefficient (Wildman–Crippen LogP) is 0.834. The molecule has 0 aliphatic rings. The molecule has 0 saturated heterocycles. The number of nitrogens with one attached hydrogen (secondary N) is 2. The molecule has 0 aliphatic heterocycles. The van der Waals surface area contributed by atoms with E-state index in [1.165, 1.54) is 0 Å². The van der Waals surface area contributed by atoms with Crippen molar-refractivity contribution in [2.45, 2.75) is 26.5 Å². The van der Waals surface area contributed by atoms with E-state index in [4.69, 9.17) is 5.11 Å². The third-order valence-electron chi connectivity index (χ3n) is 1.82. The molecule has 0 spiro atoms. The van der Waals surface area contributed by atoms with Crippen LogP contribution in [-0.4, -0.2) is 19.6 Å². The minimum Gasteiger partial charge on any atom is -0.392 e. The summed E-state index contributed by atoms with van der Waals surface area (Å²) in [5.74, 6) is 0. The summed E-state index contributed by atoms with van der Waals surface area (Å²) in [6.45, 7) is 3.26. The molecular formula is C10H16N2O3S. The van der Waals surface area contributed by atoms with Gasteiger partial charge in [0, 0.05) is 11.6 Å². The molecular weight excluding hydrogens is 228 g/mol. The van der Waals surface area contributed by atoms with Gasteiger partial charge in [0.15, 0.2) is 0 Å². The molecule has 0 atom stereocenters. The van der Waals surface area contributed by atoms with E-state index in [-0.39, 0.29) is 12.6 Å². The number of aliphatic hydroxyl groups excluding tert-OH is 1. The van der Waals surface area contributed by atoms with Crippen molar-refractivity contribution in [1.29, 1.82) is 0 Å². The van der Waals surface area contributed by atoms with Gasteiger partial charge in [-0.1, -0.05) is 18.2 Å². The highest BCUT2D eigenvalue weighted by Gasteiger charge is 2.12. The second-order valence-electron chi connectivity index (χ2n) is 3.69. The standard InChI is InChI=1S/C10H16N2O3S/c1-8(2)11-16(14,15)12-10-6-4-3-5-9(10)7-13/h3-6,8,11-13H,7H2,1-2H3. The molecule has 0 radical (unpaired) electrons. The normalized spacial score (nSPS) is 11.8. The van der Waals surface area contributed by atoms with Crippen molar-refractivity contribution in [3.8, 4) is 0 Å². The van der Waals surface area contributed by atoms with Gasteiger partial charge < -0.3 is 5.11 Å². The third kappa shape index (κ3) is 3.80. The van der Waals surface area contributed by atoms with E-state index in [0.29, 0.717) is 11.3 Å². The van der Waals surface area contributed by atoms with E-state index in [1.807, 2.05) is 0 Å². The van der Waals surface area contributed by atoms with E-state index in [1.54, 1.807) is 38.1 Å². The first kappa shape index (κ1) is 13.0. The zero-order valence-corrected chi connectivity index (χ0v) is 10.1. The fraction of sp³-hybridized carbons (Fsp3) is 0.400.